The van der Waals surface area contributed by atoms with Crippen molar-refractivity contribution < 1.29 is 0 Å². The molecule has 0 bridgehead atoms. The van der Waals surface area contributed by atoms with Crippen LogP contribution >= 0.6 is 22.9 Å². The predicted octanol–water partition coefficient (Wildman–Crippen LogP) is 2.43. The Kier molecular flexibility index (Phi) is 2.68. The van der Waals surface area contributed by atoms with Gasteiger partial charge in [0.15, 0.2) is 0 Å². The number of aromatic nitrogens is 1. The summed E-state index contributed by atoms with van der Waals surface area (Å²) in [5, 5.41) is 0. The van der Waals surface area contributed by atoms with E-state index in [0.717, 1.165) is 11.3 Å². The largest absolute Gasteiger partial charge is 0.361 e. The van der Waals surface area contributed by atoms with Gasteiger partial charge in [-0.05, 0) is 12.1 Å². The van der Waals surface area contributed by atoms with Crippen LogP contribution < -0.4 is 0 Å². The molecule has 0 saturated heterocycles. The van der Waals surface area contributed by atoms with Crippen LogP contribution in [0.5, 0.6) is 0 Å². The Morgan fingerprint density at radius 1 is 1.70 bits per heavy atom. The first kappa shape index (κ1) is 7.53. The molecule has 10 heavy (non-hydrogen) atoms. The molecule has 0 atom stereocenters. The number of nitrogens with one attached hydrogen (secondary N) is 1. The second kappa shape index (κ2) is 3.55. The van der Waals surface area contributed by atoms with Gasteiger partial charge in [-0.2, -0.15) is 0 Å². The highest BCUT2D eigenvalue weighted by molar-refractivity contribution is 14.1. The molecule has 0 radical (unpaired) electrons. The second-order valence-corrected chi connectivity index (χ2v) is 2.33. The molecule has 1 N–H and O–H groups in total. The molecule has 0 aliphatic carbocycles. The monoisotopic (exact) mass is 246 g/mol. The summed E-state index contributed by atoms with van der Waals surface area (Å²) in [6.45, 7) is 3.65. The van der Waals surface area contributed by atoms with E-state index in [1.807, 2.05) is 35.1 Å². The molecule has 0 unspecified atom stereocenters. The molecule has 0 aliphatic rings. The Morgan fingerprint density at radius 2 is 2.50 bits per heavy atom. The van der Waals surface area contributed by atoms with Crippen LogP contribution in [0.25, 0.3) is 6.08 Å². The fourth-order valence-corrected chi connectivity index (χ4v) is 1.04. The zero-order valence-corrected chi connectivity index (χ0v) is 7.50. The van der Waals surface area contributed by atoms with Gasteiger partial charge in [0.1, 0.15) is 0 Å². The summed E-state index contributed by atoms with van der Waals surface area (Å²) in [4.78, 5) is 3.03. The number of hydrogen-bond donors (Lipinski definition) is 1. The average molecular weight is 246 g/mol. The quantitative estimate of drug-likeness (QED) is 0.613. The summed E-state index contributed by atoms with van der Waals surface area (Å²) in [6, 6.07) is 1.96. The molecular formula is C7H7IN2. The van der Waals surface area contributed by atoms with E-state index in [1.54, 1.807) is 12.3 Å². The zero-order valence-electron chi connectivity index (χ0n) is 5.34. The lowest BCUT2D eigenvalue weighted by atomic mass is 10.2. The SMILES string of the molecule is C=Cc1[nH]ccc1/C=N\I. The summed E-state index contributed by atoms with van der Waals surface area (Å²) < 4.78 is 3.86. The molecule has 0 fully saturated rings. The van der Waals surface area contributed by atoms with Crippen LogP contribution in [-0.4, -0.2) is 11.2 Å². The van der Waals surface area contributed by atoms with Crippen LogP contribution in [0.15, 0.2) is 22.0 Å². The van der Waals surface area contributed by atoms with E-state index in [1.165, 1.54) is 0 Å². The van der Waals surface area contributed by atoms with Crippen LogP contribution in [0.4, 0.5) is 0 Å². The smallest absolute Gasteiger partial charge is 0.0831 e. The third-order valence-electron chi connectivity index (χ3n) is 1.20. The van der Waals surface area contributed by atoms with Crippen LogP contribution in [0.1, 0.15) is 11.3 Å². The van der Waals surface area contributed by atoms with Crippen molar-refractivity contribution in [2.24, 2.45) is 3.21 Å². The van der Waals surface area contributed by atoms with Gasteiger partial charge < -0.3 is 4.98 Å². The Morgan fingerprint density at radius 3 is 3.10 bits per heavy atom. The minimum absolute atomic E-state index is 1.01. The highest BCUT2D eigenvalue weighted by Crippen LogP contribution is 2.05. The summed E-state index contributed by atoms with van der Waals surface area (Å²) in [7, 11) is 0. The maximum absolute atomic E-state index is 3.86. The first-order valence-electron chi connectivity index (χ1n) is 2.82. The van der Waals surface area contributed by atoms with Crippen LogP contribution in [0.2, 0.25) is 0 Å². The van der Waals surface area contributed by atoms with Crippen molar-refractivity contribution in [3.63, 3.8) is 0 Å². The molecule has 0 saturated carbocycles. The number of aromatic amines is 1. The number of H-pyrrole nitrogens is 1. The maximum atomic E-state index is 3.86. The van der Waals surface area contributed by atoms with E-state index >= 15 is 0 Å². The van der Waals surface area contributed by atoms with Gasteiger partial charge in [0.25, 0.3) is 0 Å². The Hall–Kier alpha value is -0.580. The Bertz CT molecular complexity index is 250. The van der Waals surface area contributed by atoms with E-state index in [-0.39, 0.29) is 0 Å². The normalized spacial score (nSPS) is 10.5. The van der Waals surface area contributed by atoms with E-state index in [2.05, 4.69) is 14.8 Å². The van der Waals surface area contributed by atoms with E-state index < -0.39 is 0 Å². The molecule has 0 aliphatic heterocycles. The molecule has 0 spiro atoms. The minimum atomic E-state index is 1.01. The topological polar surface area (TPSA) is 28.1 Å². The van der Waals surface area contributed by atoms with Crippen LogP contribution in [-0.2, 0) is 0 Å². The molecule has 0 amide bonds. The lowest BCUT2D eigenvalue weighted by molar-refractivity contribution is 1.38. The summed E-state index contributed by atoms with van der Waals surface area (Å²) in [5.41, 5.74) is 2.09. The van der Waals surface area contributed by atoms with Crippen molar-refractivity contribution in [1.82, 2.24) is 4.98 Å². The minimum Gasteiger partial charge on any atom is -0.361 e. The van der Waals surface area contributed by atoms with Gasteiger partial charge in [-0.25, -0.2) is 3.21 Å². The van der Waals surface area contributed by atoms with Crippen molar-refractivity contribution in [2.45, 2.75) is 0 Å². The van der Waals surface area contributed by atoms with Gasteiger partial charge in [0.2, 0.25) is 0 Å². The number of halogens is 1. The molecule has 3 heteroatoms. The van der Waals surface area contributed by atoms with Crippen LogP contribution in [0.3, 0.4) is 0 Å². The molecule has 1 aromatic heterocycles. The van der Waals surface area contributed by atoms with Gasteiger partial charge >= 0.3 is 0 Å². The molecule has 2 nitrogen and oxygen atoms in total. The fourth-order valence-electron chi connectivity index (χ4n) is 0.736. The molecule has 1 heterocycles. The van der Waals surface area contributed by atoms with Gasteiger partial charge in [0.05, 0.1) is 22.9 Å². The van der Waals surface area contributed by atoms with Crippen molar-refractivity contribution in [1.29, 1.82) is 0 Å². The van der Waals surface area contributed by atoms with Crippen molar-refractivity contribution >= 4 is 35.2 Å². The standard InChI is InChI=1S/C7H7IN2/c1-2-7-6(5-10-8)3-4-9-7/h2-5,9H,1H2/b10-5-. The van der Waals surface area contributed by atoms with E-state index in [9.17, 15) is 0 Å². The molecular weight excluding hydrogens is 239 g/mol. The van der Waals surface area contributed by atoms with Gasteiger partial charge in [-0.3, -0.25) is 0 Å². The Balaban J connectivity index is 3.00. The first-order valence-corrected chi connectivity index (χ1v) is 3.79. The van der Waals surface area contributed by atoms with Gasteiger partial charge in [-0.15, -0.1) is 0 Å². The van der Waals surface area contributed by atoms with E-state index in [0.29, 0.717) is 0 Å². The van der Waals surface area contributed by atoms with Gasteiger partial charge in [0, 0.05) is 23.7 Å². The highest BCUT2D eigenvalue weighted by Gasteiger charge is 1.93. The molecule has 1 aromatic rings. The average Bonchev–Trinajstić information content (AvgIpc) is 2.36. The third-order valence-corrected chi connectivity index (χ3v) is 1.48. The van der Waals surface area contributed by atoms with Crippen molar-refractivity contribution in [3.8, 4) is 0 Å². The Labute approximate surface area is 73.6 Å². The molecule has 1 rings (SSSR count). The van der Waals surface area contributed by atoms with Crippen molar-refractivity contribution in [2.75, 3.05) is 0 Å². The lowest BCUT2D eigenvalue weighted by Crippen LogP contribution is -1.78. The second-order valence-electron chi connectivity index (χ2n) is 1.78. The van der Waals surface area contributed by atoms with Crippen LogP contribution in [0, 0.1) is 0 Å². The molecule has 52 valence electrons. The summed E-state index contributed by atoms with van der Waals surface area (Å²) in [5.74, 6) is 0. The lowest BCUT2D eigenvalue weighted by Gasteiger charge is -1.86. The van der Waals surface area contributed by atoms with Gasteiger partial charge in [-0.1, -0.05) is 6.58 Å². The third kappa shape index (κ3) is 1.47. The summed E-state index contributed by atoms with van der Waals surface area (Å²) >= 11 is 1.94. The van der Waals surface area contributed by atoms with Crippen molar-refractivity contribution in [3.05, 3.63) is 30.1 Å². The molecule has 0 aromatic carbocycles. The number of nitrogens with zero attached hydrogens (tertiary/aromatic N) is 1. The first-order chi connectivity index (χ1) is 4.88. The fraction of sp³-hybridized carbons (Fsp3) is 0. The number of hydrogen-bond acceptors (Lipinski definition) is 1. The van der Waals surface area contributed by atoms with E-state index in [4.69, 9.17) is 0 Å². The predicted molar refractivity (Wildman–Crippen MR) is 52.5 cm³/mol. The maximum Gasteiger partial charge on any atom is 0.0831 e. The number of rotatable bonds is 2. The highest BCUT2D eigenvalue weighted by atomic mass is 127. The zero-order chi connectivity index (χ0) is 7.40. The summed E-state index contributed by atoms with van der Waals surface area (Å²) in [6.07, 6.45) is 5.42.